The third-order valence-electron chi connectivity index (χ3n) is 3.94. The van der Waals surface area contributed by atoms with Crippen molar-refractivity contribution in [2.75, 3.05) is 32.1 Å². The van der Waals surface area contributed by atoms with Crippen molar-refractivity contribution < 1.29 is 22.7 Å². The summed E-state index contributed by atoms with van der Waals surface area (Å²) < 4.78 is 37.6. The highest BCUT2D eigenvalue weighted by molar-refractivity contribution is 7.89. The van der Waals surface area contributed by atoms with Gasteiger partial charge in [-0.2, -0.15) is 4.31 Å². The molecule has 27 heavy (non-hydrogen) atoms. The molecule has 0 saturated heterocycles. The van der Waals surface area contributed by atoms with Gasteiger partial charge in [-0.3, -0.25) is 4.79 Å². The fourth-order valence-electron chi connectivity index (χ4n) is 2.52. The molecule has 0 radical (unpaired) electrons. The molecule has 2 aromatic carbocycles. The molecule has 0 saturated carbocycles. The monoisotopic (exact) mass is 410 g/mol. The molecule has 0 aromatic heterocycles. The van der Waals surface area contributed by atoms with Crippen LogP contribution in [0.25, 0.3) is 0 Å². The minimum absolute atomic E-state index is 0.0276. The second-order valence-electron chi connectivity index (χ2n) is 5.95. The summed E-state index contributed by atoms with van der Waals surface area (Å²) in [7, 11) is -2.54. The van der Waals surface area contributed by atoms with Crippen LogP contribution in [-0.2, 0) is 14.8 Å². The molecular weight excluding hydrogens is 392 g/mol. The average molecular weight is 411 g/mol. The number of amides is 1. The number of fused-ring (bicyclic) bond motifs is 1. The highest BCUT2D eigenvalue weighted by Gasteiger charge is 2.25. The van der Waals surface area contributed by atoms with Crippen LogP contribution in [-0.4, -0.2) is 45.4 Å². The number of sulfonamides is 1. The van der Waals surface area contributed by atoms with Crippen molar-refractivity contribution in [3.63, 3.8) is 0 Å². The van der Waals surface area contributed by atoms with E-state index in [2.05, 4.69) is 5.32 Å². The summed E-state index contributed by atoms with van der Waals surface area (Å²) in [5.41, 5.74) is 0.422. The first-order valence-electron chi connectivity index (χ1n) is 8.28. The minimum atomic E-state index is -3.88. The van der Waals surface area contributed by atoms with Crippen molar-refractivity contribution in [1.82, 2.24) is 4.31 Å². The number of likely N-dealkylation sites (N-methyl/N-ethyl adjacent to an activating group) is 1. The van der Waals surface area contributed by atoms with E-state index in [0.29, 0.717) is 35.4 Å². The van der Waals surface area contributed by atoms with Gasteiger partial charge in [-0.1, -0.05) is 23.7 Å². The number of rotatable bonds is 5. The fraction of sp³-hybridized carbons (Fsp3) is 0.278. The molecule has 7 nitrogen and oxygen atoms in total. The molecule has 0 fully saturated rings. The summed E-state index contributed by atoms with van der Waals surface area (Å²) >= 11 is 6.00. The minimum Gasteiger partial charge on any atom is -0.490 e. The Morgan fingerprint density at radius 3 is 2.59 bits per heavy atom. The quantitative estimate of drug-likeness (QED) is 0.819. The topological polar surface area (TPSA) is 84.9 Å². The first-order valence-corrected chi connectivity index (χ1v) is 10.1. The van der Waals surface area contributed by atoms with Gasteiger partial charge in [-0.15, -0.1) is 0 Å². The number of ether oxygens (including phenoxy) is 2. The highest BCUT2D eigenvalue weighted by Crippen LogP contribution is 2.32. The van der Waals surface area contributed by atoms with Gasteiger partial charge < -0.3 is 14.8 Å². The number of carbonyl (C=O) groups is 1. The van der Waals surface area contributed by atoms with Crippen LogP contribution in [0.3, 0.4) is 0 Å². The predicted octanol–water partition coefficient (Wildman–Crippen LogP) is 2.76. The Morgan fingerprint density at radius 2 is 1.85 bits per heavy atom. The molecule has 9 heteroatoms. The Bertz CT molecular complexity index is 949. The van der Waals surface area contributed by atoms with Gasteiger partial charge in [0.2, 0.25) is 15.9 Å². The number of hydrogen-bond donors (Lipinski definition) is 1. The Kier molecular flexibility index (Phi) is 5.88. The first kappa shape index (κ1) is 19.5. The van der Waals surface area contributed by atoms with Gasteiger partial charge in [0.1, 0.15) is 0 Å². The van der Waals surface area contributed by atoms with Crippen LogP contribution >= 0.6 is 11.6 Å². The van der Waals surface area contributed by atoms with Crippen LogP contribution in [0.2, 0.25) is 5.02 Å². The molecule has 0 atom stereocenters. The average Bonchev–Trinajstić information content (AvgIpc) is 2.88. The van der Waals surface area contributed by atoms with E-state index in [1.807, 2.05) is 0 Å². The summed E-state index contributed by atoms with van der Waals surface area (Å²) in [6.07, 6.45) is 0.721. The number of carbonyl (C=O) groups excluding carboxylic acids is 1. The molecule has 1 aliphatic rings. The molecule has 1 N–H and O–H groups in total. The standard InChI is InChI=1S/C18H19ClN2O5S/c1-21(12-18(22)20-15-6-3-2-5-14(15)19)27(23,24)13-7-8-16-17(11-13)26-10-4-9-25-16/h2-3,5-8,11H,4,9-10,12H2,1H3,(H,20,22). The zero-order chi connectivity index (χ0) is 19.4. The third-order valence-corrected chi connectivity index (χ3v) is 6.07. The van der Waals surface area contributed by atoms with Crippen LogP contribution in [0.15, 0.2) is 47.4 Å². The molecule has 1 aliphatic heterocycles. The van der Waals surface area contributed by atoms with Gasteiger partial charge >= 0.3 is 0 Å². The lowest BCUT2D eigenvalue weighted by atomic mass is 10.3. The van der Waals surface area contributed by atoms with E-state index in [-0.39, 0.29) is 11.4 Å². The van der Waals surface area contributed by atoms with E-state index in [1.54, 1.807) is 30.3 Å². The smallest absolute Gasteiger partial charge is 0.243 e. The molecule has 0 aliphatic carbocycles. The molecule has 144 valence electrons. The van der Waals surface area contributed by atoms with Crippen LogP contribution in [0.1, 0.15) is 6.42 Å². The zero-order valence-corrected chi connectivity index (χ0v) is 16.2. The molecule has 1 amide bonds. The van der Waals surface area contributed by atoms with Crippen LogP contribution < -0.4 is 14.8 Å². The van der Waals surface area contributed by atoms with Gasteiger partial charge in [0, 0.05) is 19.5 Å². The van der Waals surface area contributed by atoms with Crippen molar-refractivity contribution in [3.05, 3.63) is 47.5 Å². The second-order valence-corrected chi connectivity index (χ2v) is 8.40. The largest absolute Gasteiger partial charge is 0.490 e. The van der Waals surface area contributed by atoms with E-state index in [0.717, 1.165) is 10.7 Å². The van der Waals surface area contributed by atoms with Gasteiger partial charge in [0.15, 0.2) is 11.5 Å². The van der Waals surface area contributed by atoms with E-state index >= 15 is 0 Å². The SMILES string of the molecule is CN(CC(=O)Nc1ccccc1Cl)S(=O)(=O)c1ccc2c(c1)OCCCO2. The van der Waals surface area contributed by atoms with Crippen molar-refractivity contribution in [1.29, 1.82) is 0 Å². The zero-order valence-electron chi connectivity index (χ0n) is 14.6. The Labute approximate surface area is 162 Å². The molecule has 0 unspecified atom stereocenters. The van der Waals surface area contributed by atoms with E-state index in [9.17, 15) is 13.2 Å². The second kappa shape index (κ2) is 8.16. The number of benzene rings is 2. The molecular formula is C18H19ClN2O5S. The van der Waals surface area contributed by atoms with E-state index in [1.165, 1.54) is 19.2 Å². The Morgan fingerprint density at radius 1 is 1.15 bits per heavy atom. The number of anilines is 1. The molecule has 3 rings (SSSR count). The number of hydrogen-bond acceptors (Lipinski definition) is 5. The maximum atomic E-state index is 12.8. The van der Waals surface area contributed by atoms with Gasteiger partial charge in [-0.25, -0.2) is 8.42 Å². The maximum absolute atomic E-state index is 12.8. The number of nitrogens with one attached hydrogen (secondary N) is 1. The van der Waals surface area contributed by atoms with E-state index < -0.39 is 15.9 Å². The fourth-order valence-corrected chi connectivity index (χ4v) is 3.85. The van der Waals surface area contributed by atoms with Crippen molar-refractivity contribution in [3.8, 4) is 11.5 Å². The maximum Gasteiger partial charge on any atom is 0.243 e. The summed E-state index contributed by atoms with van der Waals surface area (Å²) in [6.45, 7) is 0.607. The van der Waals surface area contributed by atoms with Gasteiger partial charge in [0.05, 0.1) is 35.4 Å². The van der Waals surface area contributed by atoms with Crippen molar-refractivity contribution >= 4 is 33.2 Å². The van der Waals surface area contributed by atoms with Gasteiger partial charge in [0.25, 0.3) is 0 Å². The van der Waals surface area contributed by atoms with Crippen molar-refractivity contribution in [2.24, 2.45) is 0 Å². The van der Waals surface area contributed by atoms with Gasteiger partial charge in [-0.05, 0) is 24.3 Å². The Hall–Kier alpha value is -2.29. The van der Waals surface area contributed by atoms with Crippen molar-refractivity contribution in [2.45, 2.75) is 11.3 Å². The molecule has 0 spiro atoms. The predicted molar refractivity (Wildman–Crippen MR) is 102 cm³/mol. The molecule has 2 aromatic rings. The third kappa shape index (κ3) is 4.52. The van der Waals surface area contributed by atoms with E-state index in [4.69, 9.17) is 21.1 Å². The lowest BCUT2D eigenvalue weighted by Gasteiger charge is -2.18. The lowest BCUT2D eigenvalue weighted by Crippen LogP contribution is -2.35. The summed E-state index contributed by atoms with van der Waals surface area (Å²) in [6, 6.07) is 11.1. The molecule has 0 bridgehead atoms. The molecule has 1 heterocycles. The number of nitrogens with zero attached hydrogens (tertiary/aromatic N) is 1. The first-order chi connectivity index (χ1) is 12.9. The van der Waals surface area contributed by atoms with Crippen LogP contribution in [0.4, 0.5) is 5.69 Å². The van der Waals surface area contributed by atoms with Crippen LogP contribution in [0, 0.1) is 0 Å². The summed E-state index contributed by atoms with van der Waals surface area (Å²) in [5, 5.41) is 2.98. The summed E-state index contributed by atoms with van der Waals surface area (Å²) in [5.74, 6) is 0.386. The number of halogens is 1. The Balaban J connectivity index is 1.73. The number of para-hydroxylation sites is 1. The summed E-state index contributed by atoms with van der Waals surface area (Å²) in [4.78, 5) is 12.2. The van der Waals surface area contributed by atoms with Crippen LogP contribution in [0.5, 0.6) is 11.5 Å². The highest BCUT2D eigenvalue weighted by atomic mass is 35.5. The normalized spacial score (nSPS) is 13.9. The lowest BCUT2D eigenvalue weighted by molar-refractivity contribution is -0.116.